The molecule has 9 heteroatoms. The summed E-state index contributed by atoms with van der Waals surface area (Å²) in [4.78, 5) is 21.7. The van der Waals surface area contributed by atoms with Crippen molar-refractivity contribution < 1.29 is 4.79 Å². The number of amides is 1. The molecule has 0 saturated heterocycles. The van der Waals surface area contributed by atoms with Gasteiger partial charge in [0, 0.05) is 42.4 Å². The number of thioether (sulfide) groups is 1. The molecular weight excluding hydrogens is 470 g/mol. The molecule has 1 aromatic carbocycles. The van der Waals surface area contributed by atoms with E-state index in [1.165, 1.54) is 0 Å². The van der Waals surface area contributed by atoms with Crippen molar-refractivity contribution in [2.45, 2.75) is 25.1 Å². The number of nitrogens with one attached hydrogen (secondary N) is 2. The first kappa shape index (κ1) is 23.6. The van der Waals surface area contributed by atoms with E-state index in [0.717, 1.165) is 39.8 Å². The summed E-state index contributed by atoms with van der Waals surface area (Å²) in [5.41, 5.74) is 5.64. The SMILES string of the molecule is Cc1ncccc1NC(=O)c1ccc([C@H]2SC[C@@H](C)Nc3c2c(-c2ccccn2)nn3C)c(C#N)c1. The Morgan fingerprint density at radius 3 is 2.78 bits per heavy atom. The number of anilines is 2. The van der Waals surface area contributed by atoms with Gasteiger partial charge < -0.3 is 10.6 Å². The highest BCUT2D eigenvalue weighted by molar-refractivity contribution is 7.99. The predicted molar refractivity (Wildman–Crippen MR) is 142 cm³/mol. The van der Waals surface area contributed by atoms with Crippen molar-refractivity contribution in [1.82, 2.24) is 19.7 Å². The van der Waals surface area contributed by atoms with E-state index >= 15 is 0 Å². The Morgan fingerprint density at radius 2 is 2.03 bits per heavy atom. The Kier molecular flexibility index (Phi) is 6.44. The van der Waals surface area contributed by atoms with Crippen molar-refractivity contribution in [3.8, 4) is 17.5 Å². The number of aryl methyl sites for hydroxylation is 2. The van der Waals surface area contributed by atoms with Crippen LogP contribution in [-0.4, -0.2) is 37.5 Å². The molecule has 2 N–H and O–H groups in total. The molecule has 4 aromatic rings. The van der Waals surface area contributed by atoms with Crippen LogP contribution in [0, 0.1) is 18.3 Å². The van der Waals surface area contributed by atoms with Gasteiger partial charge in [-0.2, -0.15) is 10.4 Å². The summed E-state index contributed by atoms with van der Waals surface area (Å²) in [5, 5.41) is 21.2. The summed E-state index contributed by atoms with van der Waals surface area (Å²) >= 11 is 1.75. The van der Waals surface area contributed by atoms with Gasteiger partial charge >= 0.3 is 0 Å². The number of hydrogen-bond donors (Lipinski definition) is 2. The minimum absolute atomic E-state index is 0.157. The Bertz CT molecular complexity index is 1480. The second-order valence-electron chi connectivity index (χ2n) is 8.71. The molecular formula is C27H25N7OS. The van der Waals surface area contributed by atoms with E-state index < -0.39 is 0 Å². The maximum Gasteiger partial charge on any atom is 0.255 e. The lowest BCUT2D eigenvalue weighted by molar-refractivity contribution is 0.102. The van der Waals surface area contributed by atoms with Crippen LogP contribution in [0.15, 0.2) is 60.9 Å². The van der Waals surface area contributed by atoms with Gasteiger partial charge in [-0.1, -0.05) is 12.1 Å². The second-order valence-corrected chi connectivity index (χ2v) is 9.85. The first-order valence-corrected chi connectivity index (χ1v) is 12.6. The van der Waals surface area contributed by atoms with E-state index in [4.69, 9.17) is 5.10 Å². The Morgan fingerprint density at radius 1 is 1.19 bits per heavy atom. The Hall–Kier alpha value is -4.16. The molecule has 3 aromatic heterocycles. The molecule has 0 bridgehead atoms. The third-order valence-corrected chi connectivity index (χ3v) is 7.64. The number of nitrogens with zero attached hydrogens (tertiary/aromatic N) is 5. The van der Waals surface area contributed by atoms with Crippen LogP contribution in [0.4, 0.5) is 11.5 Å². The van der Waals surface area contributed by atoms with Crippen molar-refractivity contribution in [3.63, 3.8) is 0 Å². The van der Waals surface area contributed by atoms with Crippen molar-refractivity contribution >= 4 is 29.2 Å². The van der Waals surface area contributed by atoms with Gasteiger partial charge in [0.15, 0.2) is 0 Å². The Balaban J connectivity index is 1.57. The molecule has 0 spiro atoms. The molecule has 1 aliphatic heterocycles. The number of carbonyl (C=O) groups excluding carboxylic acids is 1. The maximum atomic E-state index is 13.0. The minimum atomic E-state index is -0.283. The largest absolute Gasteiger partial charge is 0.367 e. The van der Waals surface area contributed by atoms with Crippen LogP contribution in [0.5, 0.6) is 0 Å². The molecule has 36 heavy (non-hydrogen) atoms. The average molecular weight is 496 g/mol. The van der Waals surface area contributed by atoms with Crippen LogP contribution in [0.2, 0.25) is 0 Å². The van der Waals surface area contributed by atoms with Gasteiger partial charge in [0.25, 0.3) is 5.91 Å². The summed E-state index contributed by atoms with van der Waals surface area (Å²) < 4.78 is 1.85. The van der Waals surface area contributed by atoms with E-state index in [2.05, 4.69) is 33.6 Å². The zero-order valence-electron chi connectivity index (χ0n) is 20.2. The number of carbonyl (C=O) groups is 1. The molecule has 180 valence electrons. The summed E-state index contributed by atoms with van der Waals surface area (Å²) in [5.74, 6) is 1.47. The van der Waals surface area contributed by atoms with Crippen LogP contribution < -0.4 is 10.6 Å². The fraction of sp³-hybridized carbons (Fsp3) is 0.222. The minimum Gasteiger partial charge on any atom is -0.367 e. The molecule has 1 amide bonds. The Labute approximate surface area is 213 Å². The second kappa shape index (κ2) is 9.84. The van der Waals surface area contributed by atoms with Gasteiger partial charge in [-0.15, -0.1) is 11.8 Å². The van der Waals surface area contributed by atoms with Crippen molar-refractivity contribution in [1.29, 1.82) is 5.26 Å². The summed E-state index contributed by atoms with van der Waals surface area (Å²) in [6.45, 7) is 3.97. The highest BCUT2D eigenvalue weighted by atomic mass is 32.2. The van der Waals surface area contributed by atoms with E-state index in [1.54, 1.807) is 48.4 Å². The smallest absolute Gasteiger partial charge is 0.255 e. The standard InChI is InChI=1S/C27H25N7OS/c1-16-15-36-25(23-24(22-7-4-5-11-30-22)33-34(3)26(23)31-16)20-10-9-18(13-19(20)14-28)27(35)32-21-8-6-12-29-17(21)2/h4-13,16,25,31H,15H2,1-3H3,(H,32,35)/t16-,25-/m1/s1. The third-order valence-electron chi connectivity index (χ3n) is 6.12. The molecule has 0 aliphatic carbocycles. The van der Waals surface area contributed by atoms with Crippen molar-refractivity contribution in [2.24, 2.45) is 7.05 Å². The van der Waals surface area contributed by atoms with Gasteiger partial charge in [-0.25, -0.2) is 0 Å². The molecule has 4 heterocycles. The third kappa shape index (κ3) is 4.43. The van der Waals surface area contributed by atoms with Crippen LogP contribution in [-0.2, 0) is 7.05 Å². The molecule has 5 rings (SSSR count). The van der Waals surface area contributed by atoms with E-state index in [0.29, 0.717) is 16.8 Å². The van der Waals surface area contributed by atoms with Gasteiger partial charge in [0.1, 0.15) is 11.5 Å². The predicted octanol–water partition coefficient (Wildman–Crippen LogP) is 4.95. The highest BCUT2D eigenvalue weighted by Gasteiger charge is 2.32. The fourth-order valence-electron chi connectivity index (χ4n) is 4.33. The zero-order chi connectivity index (χ0) is 25.2. The van der Waals surface area contributed by atoms with Crippen molar-refractivity contribution in [2.75, 3.05) is 16.4 Å². The molecule has 0 radical (unpaired) electrons. The summed E-state index contributed by atoms with van der Waals surface area (Å²) in [6, 6.07) is 17.2. The van der Waals surface area contributed by atoms with Crippen LogP contribution in [0.25, 0.3) is 11.4 Å². The number of hydrogen-bond acceptors (Lipinski definition) is 7. The van der Waals surface area contributed by atoms with Gasteiger partial charge in [0.2, 0.25) is 0 Å². The van der Waals surface area contributed by atoms with E-state index in [-0.39, 0.29) is 17.2 Å². The van der Waals surface area contributed by atoms with Crippen molar-refractivity contribution in [3.05, 3.63) is 88.9 Å². The molecule has 8 nitrogen and oxygen atoms in total. The van der Waals surface area contributed by atoms with Gasteiger partial charge in [-0.3, -0.25) is 19.4 Å². The lowest BCUT2D eigenvalue weighted by atomic mass is 9.96. The summed E-state index contributed by atoms with van der Waals surface area (Å²) in [7, 11) is 1.91. The first-order valence-electron chi connectivity index (χ1n) is 11.6. The molecule has 0 unspecified atom stereocenters. The van der Waals surface area contributed by atoms with Gasteiger partial charge in [-0.05, 0) is 55.8 Å². The summed E-state index contributed by atoms with van der Waals surface area (Å²) in [6.07, 6.45) is 3.43. The van der Waals surface area contributed by atoms with E-state index in [9.17, 15) is 10.1 Å². The number of pyridine rings is 2. The topological polar surface area (TPSA) is 109 Å². The zero-order valence-corrected chi connectivity index (χ0v) is 21.0. The first-order chi connectivity index (χ1) is 17.5. The molecule has 2 atom stereocenters. The maximum absolute atomic E-state index is 13.0. The van der Waals surface area contributed by atoms with Gasteiger partial charge in [0.05, 0.1) is 34.0 Å². The lowest BCUT2D eigenvalue weighted by Gasteiger charge is -2.18. The van der Waals surface area contributed by atoms with E-state index in [1.807, 2.05) is 42.9 Å². The quantitative estimate of drug-likeness (QED) is 0.412. The number of rotatable bonds is 4. The van der Waals surface area contributed by atoms with Crippen LogP contribution >= 0.6 is 11.8 Å². The highest BCUT2D eigenvalue weighted by Crippen LogP contribution is 2.47. The molecule has 0 fully saturated rings. The molecule has 1 aliphatic rings. The number of nitriles is 1. The monoisotopic (exact) mass is 495 g/mol. The number of benzene rings is 1. The normalized spacial score (nSPS) is 16.8. The number of aromatic nitrogens is 4. The van der Waals surface area contributed by atoms with Crippen LogP contribution in [0.1, 0.15) is 44.9 Å². The average Bonchev–Trinajstić information content (AvgIpc) is 3.10. The molecule has 0 saturated carbocycles. The van der Waals surface area contributed by atoms with Crippen LogP contribution in [0.3, 0.4) is 0 Å². The fourth-order valence-corrected chi connectivity index (χ4v) is 5.67. The number of fused-ring (bicyclic) bond motifs is 1. The lowest BCUT2D eigenvalue weighted by Crippen LogP contribution is -2.18.